The third-order valence-electron chi connectivity index (χ3n) is 7.90. The highest BCUT2D eigenvalue weighted by molar-refractivity contribution is 5.90. The minimum Gasteiger partial charge on any atom is -0.369 e. The molecule has 2 amide bonds. The molecule has 6 nitrogen and oxygen atoms in total. The van der Waals surface area contributed by atoms with Crippen LogP contribution in [0.25, 0.3) is 0 Å². The monoisotopic (exact) mass is 471 g/mol. The van der Waals surface area contributed by atoms with E-state index < -0.39 is 0 Å². The Balaban J connectivity index is 1.34. The van der Waals surface area contributed by atoms with Gasteiger partial charge in [0.15, 0.2) is 0 Å². The van der Waals surface area contributed by atoms with Gasteiger partial charge in [-0.15, -0.1) is 0 Å². The number of hydrogen-bond acceptors (Lipinski definition) is 4. The Morgan fingerprint density at radius 2 is 1.74 bits per heavy atom. The summed E-state index contributed by atoms with van der Waals surface area (Å²) in [4.78, 5) is 18.0. The van der Waals surface area contributed by atoms with Crippen molar-refractivity contribution in [3.05, 3.63) is 84.2 Å². The van der Waals surface area contributed by atoms with Crippen molar-refractivity contribution in [2.75, 3.05) is 36.4 Å². The molecule has 2 aromatic rings. The standard InChI is InChI=1S/C29H37N5O/c1-23-11-14-29(15-12-23,33-19-17-32(18-20-33)27-9-4-3-5-10-27)25-7-6-8-26(21-25)31-28(35)34-16-13-24(2)22-30-34/h3-10,13,16,21-23,30H,11-12,14-15,17-20H2,1-2H3,(H,31,35). The van der Waals surface area contributed by atoms with Crippen LogP contribution >= 0.6 is 0 Å². The molecule has 0 radical (unpaired) electrons. The van der Waals surface area contributed by atoms with Crippen LogP contribution in [0.3, 0.4) is 0 Å². The number of anilines is 2. The highest BCUT2D eigenvalue weighted by Crippen LogP contribution is 2.45. The molecule has 6 heteroatoms. The first-order valence-electron chi connectivity index (χ1n) is 12.9. The van der Waals surface area contributed by atoms with E-state index in [-0.39, 0.29) is 11.6 Å². The first-order chi connectivity index (χ1) is 17.0. The molecule has 0 spiro atoms. The molecule has 5 rings (SSSR count). The zero-order chi connectivity index (χ0) is 24.3. The second-order valence-electron chi connectivity index (χ2n) is 10.2. The molecule has 0 aromatic heterocycles. The molecule has 0 atom stereocenters. The number of nitrogens with zero attached hydrogens (tertiary/aromatic N) is 3. The summed E-state index contributed by atoms with van der Waals surface area (Å²) in [5, 5.41) is 4.55. The van der Waals surface area contributed by atoms with Crippen LogP contribution in [0.4, 0.5) is 16.2 Å². The van der Waals surface area contributed by atoms with Gasteiger partial charge in [-0.05, 0) is 80.0 Å². The number of amides is 2. The maximum absolute atomic E-state index is 12.8. The van der Waals surface area contributed by atoms with Crippen molar-refractivity contribution in [1.82, 2.24) is 15.3 Å². The predicted octanol–water partition coefficient (Wildman–Crippen LogP) is 5.68. The highest BCUT2D eigenvalue weighted by Gasteiger charge is 2.42. The maximum atomic E-state index is 12.8. The van der Waals surface area contributed by atoms with Gasteiger partial charge >= 0.3 is 6.03 Å². The lowest BCUT2D eigenvalue weighted by atomic mass is 9.71. The molecule has 2 N–H and O–H groups in total. The van der Waals surface area contributed by atoms with E-state index in [2.05, 4.69) is 76.0 Å². The zero-order valence-corrected chi connectivity index (χ0v) is 20.9. The van der Waals surface area contributed by atoms with Gasteiger partial charge in [-0.2, -0.15) is 0 Å². The fourth-order valence-electron chi connectivity index (χ4n) is 5.71. The lowest BCUT2D eigenvalue weighted by Crippen LogP contribution is -2.56. The van der Waals surface area contributed by atoms with Crippen molar-refractivity contribution in [2.45, 2.75) is 45.1 Å². The van der Waals surface area contributed by atoms with Crippen molar-refractivity contribution in [1.29, 1.82) is 0 Å². The average Bonchev–Trinajstić information content (AvgIpc) is 2.90. The molecular formula is C29H37N5O. The number of hydrogen-bond donors (Lipinski definition) is 2. The Morgan fingerprint density at radius 3 is 2.43 bits per heavy atom. The second-order valence-corrected chi connectivity index (χ2v) is 10.2. The molecule has 2 aliphatic heterocycles. The average molecular weight is 472 g/mol. The molecule has 2 fully saturated rings. The van der Waals surface area contributed by atoms with Gasteiger partial charge in [-0.25, -0.2) is 9.80 Å². The quantitative estimate of drug-likeness (QED) is 0.602. The molecule has 2 heterocycles. The second kappa shape index (κ2) is 10.2. The Hall–Kier alpha value is -3.25. The van der Waals surface area contributed by atoms with E-state index in [0.717, 1.165) is 56.2 Å². The lowest BCUT2D eigenvalue weighted by Gasteiger charge is -2.51. The number of allylic oxidation sites excluding steroid dienone is 2. The van der Waals surface area contributed by atoms with Crippen LogP contribution in [0.5, 0.6) is 0 Å². The number of nitrogens with one attached hydrogen (secondary N) is 2. The topological polar surface area (TPSA) is 50.9 Å². The van der Waals surface area contributed by atoms with Crippen molar-refractivity contribution in [2.24, 2.45) is 5.92 Å². The maximum Gasteiger partial charge on any atom is 0.344 e. The Labute approximate surface area is 209 Å². The van der Waals surface area contributed by atoms with Crippen LogP contribution < -0.4 is 15.6 Å². The molecule has 35 heavy (non-hydrogen) atoms. The number of piperazine rings is 1. The fraction of sp³-hybridized carbons (Fsp3) is 0.414. The van der Waals surface area contributed by atoms with Gasteiger partial charge in [-0.1, -0.05) is 37.3 Å². The lowest BCUT2D eigenvalue weighted by molar-refractivity contribution is 0.0299. The van der Waals surface area contributed by atoms with Gasteiger partial charge < -0.3 is 10.2 Å². The van der Waals surface area contributed by atoms with Gasteiger partial charge in [0.05, 0.1) is 0 Å². The predicted molar refractivity (Wildman–Crippen MR) is 143 cm³/mol. The third-order valence-corrected chi connectivity index (χ3v) is 7.90. The summed E-state index contributed by atoms with van der Waals surface area (Å²) in [6, 6.07) is 19.1. The fourth-order valence-corrected chi connectivity index (χ4v) is 5.71. The van der Waals surface area contributed by atoms with E-state index in [0.29, 0.717) is 0 Å². The van der Waals surface area contributed by atoms with Crippen LogP contribution in [0.2, 0.25) is 0 Å². The van der Waals surface area contributed by atoms with Gasteiger partial charge in [-0.3, -0.25) is 10.3 Å². The summed E-state index contributed by atoms with van der Waals surface area (Å²) in [7, 11) is 0. The minimum absolute atomic E-state index is 0.0269. The highest BCUT2D eigenvalue weighted by atomic mass is 16.2. The molecular weight excluding hydrogens is 434 g/mol. The summed E-state index contributed by atoms with van der Waals surface area (Å²) in [6.45, 7) is 8.55. The number of carbonyl (C=O) groups is 1. The van der Waals surface area contributed by atoms with Crippen molar-refractivity contribution in [3.8, 4) is 0 Å². The molecule has 0 bridgehead atoms. The first-order valence-corrected chi connectivity index (χ1v) is 12.9. The summed E-state index contributed by atoms with van der Waals surface area (Å²) < 4.78 is 0. The Morgan fingerprint density at radius 1 is 1.00 bits per heavy atom. The normalized spacial score (nSPS) is 25.1. The number of urea groups is 1. The van der Waals surface area contributed by atoms with Gasteiger partial charge in [0, 0.05) is 55.5 Å². The number of hydrazine groups is 1. The minimum atomic E-state index is -0.190. The number of carbonyl (C=O) groups excluding carboxylic acids is 1. The van der Waals surface area contributed by atoms with E-state index >= 15 is 0 Å². The molecule has 184 valence electrons. The van der Waals surface area contributed by atoms with E-state index in [9.17, 15) is 4.79 Å². The summed E-state index contributed by atoms with van der Waals surface area (Å²) in [5.41, 5.74) is 7.60. The van der Waals surface area contributed by atoms with Crippen LogP contribution in [-0.4, -0.2) is 42.1 Å². The van der Waals surface area contributed by atoms with Crippen molar-refractivity contribution < 1.29 is 4.79 Å². The summed E-state index contributed by atoms with van der Waals surface area (Å²) >= 11 is 0. The van der Waals surface area contributed by atoms with Gasteiger partial charge in [0.2, 0.25) is 0 Å². The van der Waals surface area contributed by atoms with Crippen molar-refractivity contribution in [3.63, 3.8) is 0 Å². The van der Waals surface area contributed by atoms with E-state index in [1.807, 2.05) is 25.3 Å². The number of benzene rings is 2. The molecule has 2 aromatic carbocycles. The van der Waals surface area contributed by atoms with Gasteiger partial charge in [0.25, 0.3) is 0 Å². The van der Waals surface area contributed by atoms with Crippen molar-refractivity contribution >= 4 is 17.4 Å². The molecule has 0 unspecified atom stereocenters. The largest absolute Gasteiger partial charge is 0.369 e. The molecule has 3 aliphatic rings. The van der Waals surface area contributed by atoms with Crippen LogP contribution in [0.15, 0.2) is 78.6 Å². The number of rotatable bonds is 4. The van der Waals surface area contributed by atoms with E-state index in [1.165, 1.54) is 29.1 Å². The SMILES string of the molecule is CC1=CNN(C(=O)Nc2cccc(C3(N4CCN(c5ccccc5)CC4)CCC(C)CC3)c2)C=C1. The number of para-hydroxylation sites is 1. The van der Waals surface area contributed by atoms with E-state index in [1.54, 1.807) is 6.20 Å². The smallest absolute Gasteiger partial charge is 0.344 e. The first kappa shape index (κ1) is 23.5. The Bertz CT molecular complexity index is 1080. The summed E-state index contributed by atoms with van der Waals surface area (Å²) in [6.07, 6.45) is 10.3. The van der Waals surface area contributed by atoms with Crippen LogP contribution in [0, 0.1) is 5.92 Å². The van der Waals surface area contributed by atoms with Gasteiger partial charge in [0.1, 0.15) is 0 Å². The molecule has 1 saturated heterocycles. The van der Waals surface area contributed by atoms with Crippen LogP contribution in [0.1, 0.15) is 45.1 Å². The molecule has 1 aliphatic carbocycles. The van der Waals surface area contributed by atoms with E-state index in [4.69, 9.17) is 0 Å². The van der Waals surface area contributed by atoms with Crippen LogP contribution in [-0.2, 0) is 5.54 Å². The molecule has 1 saturated carbocycles. The summed E-state index contributed by atoms with van der Waals surface area (Å²) in [5.74, 6) is 0.769. The Kier molecular flexibility index (Phi) is 6.82. The third kappa shape index (κ3) is 5.08. The zero-order valence-electron chi connectivity index (χ0n) is 20.9.